The number of hydrogen-bond acceptors (Lipinski definition) is 6. The van der Waals surface area contributed by atoms with E-state index < -0.39 is 0 Å². The summed E-state index contributed by atoms with van der Waals surface area (Å²) in [5.74, 6) is 0.931. The van der Waals surface area contributed by atoms with E-state index in [1.54, 1.807) is 0 Å². The van der Waals surface area contributed by atoms with E-state index in [0.717, 1.165) is 18.9 Å². The minimum atomic E-state index is 0. The van der Waals surface area contributed by atoms with Gasteiger partial charge < -0.3 is 5.32 Å². The molecule has 1 aromatic rings. The molecular formula is C11H20N4OS2. The lowest BCUT2D eigenvalue weighted by molar-refractivity contribution is -0.0991. The Kier molecular flexibility index (Phi) is 6.24. The van der Waals surface area contributed by atoms with E-state index in [-0.39, 0.29) is 13.5 Å². The van der Waals surface area contributed by atoms with Crippen molar-refractivity contribution in [2.75, 3.05) is 32.5 Å². The fourth-order valence-corrected chi connectivity index (χ4v) is 1.82. The van der Waals surface area contributed by atoms with Gasteiger partial charge in [-0.15, -0.1) is 0 Å². The molecule has 0 spiro atoms. The zero-order chi connectivity index (χ0) is 12.3. The number of aromatic nitrogens is 1. The summed E-state index contributed by atoms with van der Waals surface area (Å²) in [5, 5.41) is 5.29. The van der Waals surface area contributed by atoms with Gasteiger partial charge in [-0.1, -0.05) is 6.07 Å². The van der Waals surface area contributed by atoms with Gasteiger partial charge in [-0.05, 0) is 32.6 Å². The average molecular weight is 288 g/mol. The van der Waals surface area contributed by atoms with E-state index in [1.165, 1.54) is 17.8 Å². The predicted octanol–water partition coefficient (Wildman–Crippen LogP) is 1.66. The van der Waals surface area contributed by atoms with Gasteiger partial charge in [-0.2, -0.15) is 18.6 Å². The molecule has 0 radical (unpaired) electrons. The summed E-state index contributed by atoms with van der Waals surface area (Å²) in [5.41, 5.74) is 1.18. The van der Waals surface area contributed by atoms with Crippen LogP contribution in [0.5, 0.6) is 0 Å². The Bertz CT molecular complexity index is 355. The molecule has 1 fully saturated rings. The first kappa shape index (κ1) is 15.6. The van der Waals surface area contributed by atoms with Crippen molar-refractivity contribution in [3.63, 3.8) is 0 Å². The van der Waals surface area contributed by atoms with Crippen LogP contribution in [0.25, 0.3) is 0 Å². The molecule has 2 rings (SSSR count). The Morgan fingerprint density at radius 2 is 2.17 bits per heavy atom. The minimum absolute atomic E-state index is 0. The molecule has 1 aliphatic heterocycles. The normalized spacial score (nSPS) is 16.2. The Balaban J connectivity index is 0.00000162. The third kappa shape index (κ3) is 4.66. The maximum Gasteiger partial charge on any atom is 0.126 e. The molecule has 18 heavy (non-hydrogen) atoms. The highest BCUT2D eigenvalue weighted by Gasteiger charge is 2.28. The molecule has 5 nitrogen and oxygen atoms in total. The molecule has 0 bridgehead atoms. The number of pyridine rings is 1. The maximum absolute atomic E-state index is 5.44. The van der Waals surface area contributed by atoms with Gasteiger partial charge in [0.15, 0.2) is 0 Å². The first-order chi connectivity index (χ1) is 8.13. The number of hydrogen-bond donors (Lipinski definition) is 1. The Labute approximate surface area is 120 Å². The van der Waals surface area contributed by atoms with Crippen molar-refractivity contribution in [2.45, 2.75) is 13.0 Å². The van der Waals surface area contributed by atoms with Crippen molar-refractivity contribution < 1.29 is 4.28 Å². The topological polar surface area (TPSA) is 40.6 Å². The van der Waals surface area contributed by atoms with E-state index in [2.05, 4.69) is 16.4 Å². The Hall–Kier alpha value is -0.470. The zero-order valence-electron chi connectivity index (χ0n) is 10.9. The van der Waals surface area contributed by atoms with Crippen LogP contribution in [0.2, 0.25) is 0 Å². The van der Waals surface area contributed by atoms with E-state index in [0.29, 0.717) is 6.04 Å². The van der Waals surface area contributed by atoms with Crippen LogP contribution in [0.4, 0.5) is 5.82 Å². The van der Waals surface area contributed by atoms with Crippen LogP contribution < -0.4 is 5.32 Å². The van der Waals surface area contributed by atoms with Crippen molar-refractivity contribution in [3.8, 4) is 0 Å². The molecule has 1 aliphatic rings. The monoisotopic (exact) mass is 288 g/mol. The summed E-state index contributed by atoms with van der Waals surface area (Å²) in [6.07, 6.45) is 1.87. The smallest absolute Gasteiger partial charge is 0.126 e. The fraction of sp³-hybridized carbons (Fsp3) is 0.545. The Morgan fingerprint density at radius 1 is 1.44 bits per heavy atom. The highest BCUT2D eigenvalue weighted by molar-refractivity contribution is 7.92. The van der Waals surface area contributed by atoms with Crippen molar-refractivity contribution in [2.24, 2.45) is 0 Å². The largest absolute Gasteiger partial charge is 0.365 e. The second-order valence-corrected chi connectivity index (χ2v) is 5.40. The molecule has 0 saturated carbocycles. The zero-order valence-corrected chi connectivity index (χ0v) is 12.7. The summed E-state index contributed by atoms with van der Waals surface area (Å²) in [6.45, 7) is 3.81. The van der Waals surface area contributed by atoms with Gasteiger partial charge >= 0.3 is 0 Å². The number of rotatable bonds is 5. The summed E-state index contributed by atoms with van der Waals surface area (Å²) < 4.78 is 7.36. The molecule has 0 aromatic carbocycles. The van der Waals surface area contributed by atoms with Gasteiger partial charge in [0.25, 0.3) is 0 Å². The molecule has 1 aromatic heterocycles. The molecule has 2 heterocycles. The lowest BCUT2D eigenvalue weighted by Gasteiger charge is -2.37. The lowest BCUT2D eigenvalue weighted by atomic mass is 10.2. The maximum atomic E-state index is 5.44. The lowest BCUT2D eigenvalue weighted by Crippen LogP contribution is -2.53. The number of aryl methyl sites for hydroxylation is 1. The number of nitrogens with zero attached hydrogens (tertiary/aromatic N) is 3. The van der Waals surface area contributed by atoms with Crippen LogP contribution in [-0.4, -0.2) is 47.6 Å². The summed E-state index contributed by atoms with van der Waals surface area (Å²) in [4.78, 5) is 4.32. The molecule has 7 heteroatoms. The molecule has 0 amide bonds. The minimum Gasteiger partial charge on any atom is -0.365 e. The SMILES string of the molecule is Cc1ccc(NC2CN(OSN(C)C)C2)nc1.S. The summed E-state index contributed by atoms with van der Waals surface area (Å²) in [7, 11) is 3.91. The predicted molar refractivity (Wildman–Crippen MR) is 80.7 cm³/mol. The molecule has 1 N–H and O–H groups in total. The number of nitrogens with one attached hydrogen (secondary N) is 1. The molecule has 0 unspecified atom stereocenters. The van der Waals surface area contributed by atoms with E-state index >= 15 is 0 Å². The summed E-state index contributed by atoms with van der Waals surface area (Å²) in [6, 6.07) is 4.49. The average Bonchev–Trinajstić information content (AvgIpc) is 2.23. The highest BCUT2D eigenvalue weighted by Crippen LogP contribution is 2.18. The van der Waals surface area contributed by atoms with Crippen molar-refractivity contribution in [1.29, 1.82) is 0 Å². The van der Waals surface area contributed by atoms with E-state index in [1.807, 2.05) is 42.7 Å². The third-order valence-corrected chi connectivity index (χ3v) is 2.97. The van der Waals surface area contributed by atoms with Crippen molar-refractivity contribution in [3.05, 3.63) is 23.9 Å². The highest BCUT2D eigenvalue weighted by atomic mass is 32.2. The number of anilines is 1. The third-order valence-electron chi connectivity index (χ3n) is 2.40. The van der Waals surface area contributed by atoms with Crippen LogP contribution >= 0.6 is 25.7 Å². The standard InChI is InChI=1S/C11H18N4OS.H2S/c1-9-4-5-11(12-6-9)13-10-7-15(8-10)16-17-14(2)3;/h4-6,10H,7-8H2,1-3H3,(H,12,13);1H2. The van der Waals surface area contributed by atoms with Crippen LogP contribution in [-0.2, 0) is 4.28 Å². The number of hydroxylamine groups is 2. The summed E-state index contributed by atoms with van der Waals surface area (Å²) >= 11 is 1.34. The van der Waals surface area contributed by atoms with Gasteiger partial charge in [-0.3, -0.25) is 0 Å². The van der Waals surface area contributed by atoms with Crippen LogP contribution in [0.15, 0.2) is 18.3 Å². The second kappa shape index (κ2) is 7.20. The fourth-order valence-electron chi connectivity index (χ4n) is 1.47. The van der Waals surface area contributed by atoms with Crippen LogP contribution in [0, 0.1) is 6.92 Å². The first-order valence-corrected chi connectivity index (χ1v) is 6.29. The van der Waals surface area contributed by atoms with Crippen LogP contribution in [0.3, 0.4) is 0 Å². The molecule has 0 aliphatic carbocycles. The molecular weight excluding hydrogens is 268 g/mol. The molecule has 0 atom stereocenters. The van der Waals surface area contributed by atoms with E-state index in [4.69, 9.17) is 4.28 Å². The van der Waals surface area contributed by atoms with Crippen molar-refractivity contribution >= 4 is 31.5 Å². The first-order valence-electron chi connectivity index (χ1n) is 5.60. The van der Waals surface area contributed by atoms with Gasteiger partial charge in [0.05, 0.1) is 6.04 Å². The van der Waals surface area contributed by atoms with Gasteiger partial charge in [0, 0.05) is 19.3 Å². The Morgan fingerprint density at radius 3 is 2.72 bits per heavy atom. The molecule has 1 saturated heterocycles. The van der Waals surface area contributed by atoms with Crippen LogP contribution in [0.1, 0.15) is 5.56 Å². The quantitative estimate of drug-likeness (QED) is 0.656. The van der Waals surface area contributed by atoms with Gasteiger partial charge in [0.2, 0.25) is 0 Å². The molecule has 102 valence electrons. The second-order valence-electron chi connectivity index (χ2n) is 4.37. The van der Waals surface area contributed by atoms with Gasteiger partial charge in [-0.25, -0.2) is 13.6 Å². The van der Waals surface area contributed by atoms with Crippen molar-refractivity contribution in [1.82, 2.24) is 14.4 Å². The van der Waals surface area contributed by atoms with Gasteiger partial charge in [0.1, 0.15) is 18.0 Å². The van der Waals surface area contributed by atoms with E-state index in [9.17, 15) is 0 Å².